The number of hydrogen-bond acceptors (Lipinski definition) is 2. The van der Waals surface area contributed by atoms with Crippen LogP contribution in [0, 0.1) is 0 Å². The van der Waals surface area contributed by atoms with E-state index in [-0.39, 0.29) is 5.91 Å². The van der Waals surface area contributed by atoms with E-state index in [1.54, 1.807) is 0 Å². The molecule has 0 unspecified atom stereocenters. The van der Waals surface area contributed by atoms with Gasteiger partial charge in [0.1, 0.15) is 0 Å². The normalized spacial score (nSPS) is 11.1. The summed E-state index contributed by atoms with van der Waals surface area (Å²) in [5.74, 6) is 0.0582. The number of para-hydroxylation sites is 3. The molecule has 0 saturated heterocycles. The van der Waals surface area contributed by atoms with Gasteiger partial charge in [0.05, 0.1) is 31.0 Å². The SMILES string of the molecule is CC[N+](CC)(CC)CC(=O)Nc1ccccc1Nc1ccccc1. The van der Waals surface area contributed by atoms with E-state index in [2.05, 4.69) is 31.4 Å². The Morgan fingerprint density at radius 3 is 1.96 bits per heavy atom. The van der Waals surface area contributed by atoms with Gasteiger partial charge in [0.2, 0.25) is 0 Å². The summed E-state index contributed by atoms with van der Waals surface area (Å²) in [7, 11) is 0. The Morgan fingerprint density at radius 2 is 1.38 bits per heavy atom. The van der Waals surface area contributed by atoms with E-state index in [4.69, 9.17) is 0 Å². The van der Waals surface area contributed by atoms with E-state index >= 15 is 0 Å². The molecule has 0 saturated carbocycles. The maximum Gasteiger partial charge on any atom is 0.279 e. The molecule has 128 valence electrons. The first kappa shape index (κ1) is 18.0. The van der Waals surface area contributed by atoms with E-state index in [0.29, 0.717) is 6.54 Å². The summed E-state index contributed by atoms with van der Waals surface area (Å²) in [6.07, 6.45) is 0. The van der Waals surface area contributed by atoms with Crippen molar-refractivity contribution in [3.63, 3.8) is 0 Å². The first-order valence-electron chi connectivity index (χ1n) is 8.68. The number of amides is 1. The maximum atomic E-state index is 12.6. The first-order chi connectivity index (χ1) is 11.6. The summed E-state index contributed by atoms with van der Waals surface area (Å²) < 4.78 is 0.806. The van der Waals surface area contributed by atoms with E-state index in [1.807, 2.05) is 54.6 Å². The number of carbonyl (C=O) groups is 1. The predicted octanol–water partition coefficient (Wildman–Crippen LogP) is 4.25. The van der Waals surface area contributed by atoms with Gasteiger partial charge in [0.15, 0.2) is 6.54 Å². The second-order valence-corrected chi connectivity index (χ2v) is 6.03. The molecule has 0 aliphatic carbocycles. The van der Waals surface area contributed by atoms with Crippen LogP contribution < -0.4 is 10.6 Å². The Bertz CT molecular complexity index is 643. The lowest BCUT2D eigenvalue weighted by Gasteiger charge is -2.35. The Kier molecular flexibility index (Phi) is 6.38. The predicted molar refractivity (Wildman–Crippen MR) is 102 cm³/mol. The summed E-state index contributed by atoms with van der Waals surface area (Å²) in [5.41, 5.74) is 2.72. The number of rotatable bonds is 8. The van der Waals surface area contributed by atoms with Crippen molar-refractivity contribution in [2.45, 2.75) is 20.8 Å². The fraction of sp³-hybridized carbons (Fsp3) is 0.350. The topological polar surface area (TPSA) is 41.1 Å². The second-order valence-electron chi connectivity index (χ2n) is 6.03. The highest BCUT2D eigenvalue weighted by molar-refractivity contribution is 5.95. The summed E-state index contributed by atoms with van der Waals surface area (Å²) in [5, 5.41) is 6.43. The Morgan fingerprint density at radius 1 is 0.833 bits per heavy atom. The third-order valence-electron chi connectivity index (χ3n) is 4.75. The van der Waals surface area contributed by atoms with Crippen LogP contribution in [0.25, 0.3) is 0 Å². The standard InChI is InChI=1S/C20H27N3O/c1-4-23(5-2,6-3)16-20(24)22-19-15-11-10-14-18(19)21-17-12-8-7-9-13-17/h7-15,21H,4-6,16H2,1-3H3/p+1. The lowest BCUT2D eigenvalue weighted by Crippen LogP contribution is -2.51. The minimum Gasteiger partial charge on any atom is -0.354 e. The number of quaternary nitrogens is 1. The number of likely N-dealkylation sites (N-methyl/N-ethyl adjacent to an activating group) is 1. The molecule has 24 heavy (non-hydrogen) atoms. The minimum atomic E-state index is 0.0582. The van der Waals surface area contributed by atoms with Gasteiger partial charge < -0.3 is 15.1 Å². The highest BCUT2D eigenvalue weighted by Gasteiger charge is 2.25. The second kappa shape index (κ2) is 8.50. The van der Waals surface area contributed by atoms with Crippen molar-refractivity contribution in [2.24, 2.45) is 0 Å². The average molecular weight is 326 g/mol. The summed E-state index contributed by atoms with van der Waals surface area (Å²) in [6.45, 7) is 9.82. The smallest absolute Gasteiger partial charge is 0.279 e. The van der Waals surface area contributed by atoms with Crippen molar-refractivity contribution < 1.29 is 9.28 Å². The van der Waals surface area contributed by atoms with Crippen LogP contribution >= 0.6 is 0 Å². The van der Waals surface area contributed by atoms with Crippen molar-refractivity contribution in [1.82, 2.24) is 0 Å². The summed E-state index contributed by atoms with van der Waals surface area (Å²) in [6, 6.07) is 17.8. The molecule has 2 aromatic rings. The molecule has 0 radical (unpaired) electrons. The Balaban J connectivity index is 2.11. The Hall–Kier alpha value is -2.33. The number of nitrogens with one attached hydrogen (secondary N) is 2. The molecule has 0 aliphatic heterocycles. The lowest BCUT2D eigenvalue weighted by molar-refractivity contribution is -0.915. The zero-order valence-electron chi connectivity index (χ0n) is 14.9. The zero-order chi connectivity index (χ0) is 17.4. The van der Waals surface area contributed by atoms with Crippen LogP contribution in [0.4, 0.5) is 17.1 Å². The fourth-order valence-corrected chi connectivity index (χ4v) is 2.88. The lowest BCUT2D eigenvalue weighted by atomic mass is 10.2. The molecule has 0 bridgehead atoms. The average Bonchev–Trinajstić information content (AvgIpc) is 2.62. The van der Waals surface area contributed by atoms with Gasteiger partial charge in [0.25, 0.3) is 5.91 Å². The molecule has 4 heteroatoms. The van der Waals surface area contributed by atoms with Crippen LogP contribution in [-0.4, -0.2) is 36.6 Å². The van der Waals surface area contributed by atoms with Gasteiger partial charge in [-0.05, 0) is 45.0 Å². The van der Waals surface area contributed by atoms with E-state index in [9.17, 15) is 4.79 Å². The summed E-state index contributed by atoms with van der Waals surface area (Å²) >= 11 is 0. The number of nitrogens with zero attached hydrogens (tertiary/aromatic N) is 1. The van der Waals surface area contributed by atoms with Crippen LogP contribution in [0.5, 0.6) is 0 Å². The van der Waals surface area contributed by atoms with Crippen molar-refractivity contribution in [3.05, 3.63) is 54.6 Å². The van der Waals surface area contributed by atoms with Crippen LogP contribution in [0.15, 0.2) is 54.6 Å². The molecule has 4 nitrogen and oxygen atoms in total. The number of benzene rings is 2. The highest BCUT2D eigenvalue weighted by atomic mass is 16.2. The molecule has 0 fully saturated rings. The van der Waals surface area contributed by atoms with E-state index in [0.717, 1.165) is 41.2 Å². The molecular weight excluding hydrogens is 298 g/mol. The third kappa shape index (κ3) is 4.59. The minimum absolute atomic E-state index is 0.0582. The van der Waals surface area contributed by atoms with Crippen LogP contribution in [0.2, 0.25) is 0 Å². The van der Waals surface area contributed by atoms with Gasteiger partial charge in [-0.15, -0.1) is 0 Å². The number of carbonyl (C=O) groups excluding carboxylic acids is 1. The van der Waals surface area contributed by atoms with Gasteiger partial charge in [-0.1, -0.05) is 30.3 Å². The molecular formula is C20H28N3O+. The molecule has 0 spiro atoms. The van der Waals surface area contributed by atoms with E-state index in [1.165, 1.54) is 0 Å². The molecule has 1 amide bonds. The Labute approximate surface area is 145 Å². The number of anilines is 3. The van der Waals surface area contributed by atoms with Gasteiger partial charge >= 0.3 is 0 Å². The summed E-state index contributed by atoms with van der Waals surface area (Å²) in [4.78, 5) is 12.6. The highest BCUT2D eigenvalue weighted by Crippen LogP contribution is 2.25. The maximum absolute atomic E-state index is 12.6. The zero-order valence-corrected chi connectivity index (χ0v) is 14.9. The van der Waals surface area contributed by atoms with Gasteiger partial charge in [0, 0.05) is 5.69 Å². The van der Waals surface area contributed by atoms with Gasteiger partial charge in [-0.2, -0.15) is 0 Å². The van der Waals surface area contributed by atoms with Crippen molar-refractivity contribution in [1.29, 1.82) is 0 Å². The molecule has 0 aromatic heterocycles. The van der Waals surface area contributed by atoms with Crippen molar-refractivity contribution in [3.8, 4) is 0 Å². The fourth-order valence-electron chi connectivity index (χ4n) is 2.88. The largest absolute Gasteiger partial charge is 0.354 e. The third-order valence-corrected chi connectivity index (χ3v) is 4.75. The van der Waals surface area contributed by atoms with Gasteiger partial charge in [-0.3, -0.25) is 4.79 Å². The molecule has 2 aromatic carbocycles. The van der Waals surface area contributed by atoms with Crippen molar-refractivity contribution in [2.75, 3.05) is 36.8 Å². The molecule has 2 N–H and O–H groups in total. The monoisotopic (exact) mass is 326 g/mol. The van der Waals surface area contributed by atoms with Crippen LogP contribution in [0.1, 0.15) is 20.8 Å². The van der Waals surface area contributed by atoms with Gasteiger partial charge in [-0.25, -0.2) is 0 Å². The molecule has 2 rings (SSSR count). The number of hydrogen-bond donors (Lipinski definition) is 2. The molecule has 0 atom stereocenters. The molecule has 0 heterocycles. The quantitative estimate of drug-likeness (QED) is 0.712. The molecule has 0 aliphatic rings. The van der Waals surface area contributed by atoms with Crippen LogP contribution in [0.3, 0.4) is 0 Å². The van der Waals surface area contributed by atoms with Crippen LogP contribution in [-0.2, 0) is 4.79 Å². The first-order valence-corrected chi connectivity index (χ1v) is 8.68. The van der Waals surface area contributed by atoms with Crippen molar-refractivity contribution >= 4 is 23.0 Å². The van der Waals surface area contributed by atoms with E-state index < -0.39 is 0 Å².